The van der Waals surface area contributed by atoms with Gasteiger partial charge in [-0.25, -0.2) is 4.68 Å². The minimum Gasteiger partial charge on any atom is -0.388 e. The van der Waals surface area contributed by atoms with Gasteiger partial charge in [0.2, 0.25) is 0 Å². The van der Waals surface area contributed by atoms with E-state index in [-0.39, 0.29) is 5.56 Å². The topological polar surface area (TPSA) is 58.4 Å². The summed E-state index contributed by atoms with van der Waals surface area (Å²) in [7, 11) is 3.65. The largest absolute Gasteiger partial charge is 0.388 e. The molecule has 17 heavy (non-hydrogen) atoms. The Kier molecular flexibility index (Phi) is 3.62. The van der Waals surface area contributed by atoms with E-state index in [9.17, 15) is 9.90 Å². The Labute approximate surface area is 102 Å². The number of nitrogens with zero attached hydrogens (tertiary/aromatic N) is 3. The first-order valence-electron chi connectivity index (χ1n) is 5.64. The van der Waals surface area contributed by atoms with Crippen LogP contribution in [0, 0.1) is 0 Å². The molecule has 0 aliphatic carbocycles. The molecule has 0 aromatic carbocycles. The highest BCUT2D eigenvalue weighted by molar-refractivity contribution is 5.50. The molecule has 0 aliphatic heterocycles. The molecule has 0 aliphatic rings. The molecule has 0 fully saturated rings. The van der Waals surface area contributed by atoms with E-state index in [2.05, 4.69) is 5.10 Å². The van der Waals surface area contributed by atoms with Crippen molar-refractivity contribution >= 4 is 5.69 Å². The molecule has 5 nitrogen and oxygen atoms in total. The van der Waals surface area contributed by atoms with Gasteiger partial charge in [0, 0.05) is 14.1 Å². The van der Waals surface area contributed by atoms with Crippen molar-refractivity contribution in [3.63, 3.8) is 0 Å². The quantitative estimate of drug-likeness (QED) is 0.840. The first-order chi connectivity index (χ1) is 7.66. The average molecular weight is 239 g/mol. The van der Waals surface area contributed by atoms with Crippen LogP contribution < -0.4 is 10.5 Å². The van der Waals surface area contributed by atoms with Crippen LogP contribution in [-0.2, 0) is 5.54 Å². The van der Waals surface area contributed by atoms with E-state index < -0.39 is 11.6 Å². The van der Waals surface area contributed by atoms with Crippen LogP contribution in [0.2, 0.25) is 0 Å². The summed E-state index contributed by atoms with van der Waals surface area (Å²) in [5.41, 5.74) is 0.412. The molecule has 1 aromatic rings. The predicted octanol–water partition coefficient (Wildman–Crippen LogP) is 1.12. The molecule has 1 N–H and O–H groups in total. The number of hydrogen-bond acceptors (Lipinski definition) is 4. The van der Waals surface area contributed by atoms with E-state index in [1.807, 2.05) is 34.9 Å². The highest BCUT2D eigenvalue weighted by Crippen LogP contribution is 2.21. The molecule has 1 heterocycles. The Morgan fingerprint density at radius 1 is 1.41 bits per heavy atom. The molecule has 1 aromatic heterocycles. The molecule has 1 rings (SSSR count). The molecule has 0 saturated heterocycles. The number of aliphatic hydroxyl groups excluding tert-OH is 1. The molecule has 0 saturated carbocycles. The molecule has 0 radical (unpaired) electrons. The molecule has 0 spiro atoms. The van der Waals surface area contributed by atoms with Gasteiger partial charge in [-0.05, 0) is 27.7 Å². The second-order valence-corrected chi connectivity index (χ2v) is 5.40. The summed E-state index contributed by atoms with van der Waals surface area (Å²) in [6.07, 6.45) is 0.811. The van der Waals surface area contributed by atoms with Crippen LogP contribution in [0.3, 0.4) is 0 Å². The standard InChI is InChI=1S/C12H21N3O2/c1-8(16)10-9(14(5)6)7-13-15(11(10)17)12(2,3)4/h7-8,16H,1-6H3. The van der Waals surface area contributed by atoms with Gasteiger partial charge in [-0.15, -0.1) is 0 Å². The summed E-state index contributed by atoms with van der Waals surface area (Å²) in [6.45, 7) is 7.31. The minimum absolute atomic E-state index is 0.237. The lowest BCUT2D eigenvalue weighted by Gasteiger charge is -2.25. The highest BCUT2D eigenvalue weighted by atomic mass is 16.3. The third-order valence-electron chi connectivity index (χ3n) is 2.53. The third kappa shape index (κ3) is 2.66. The summed E-state index contributed by atoms with van der Waals surface area (Å²) in [4.78, 5) is 14.1. The van der Waals surface area contributed by atoms with E-state index in [1.54, 1.807) is 18.0 Å². The van der Waals surface area contributed by atoms with Crippen molar-refractivity contribution < 1.29 is 5.11 Å². The maximum atomic E-state index is 12.3. The van der Waals surface area contributed by atoms with Crippen LogP contribution in [-0.4, -0.2) is 29.0 Å². The minimum atomic E-state index is -0.809. The van der Waals surface area contributed by atoms with Crippen LogP contribution in [0.1, 0.15) is 39.4 Å². The lowest BCUT2D eigenvalue weighted by molar-refractivity contribution is 0.194. The van der Waals surface area contributed by atoms with Crippen LogP contribution in [0.5, 0.6) is 0 Å². The number of hydrogen-bond donors (Lipinski definition) is 1. The first kappa shape index (κ1) is 13.7. The second-order valence-electron chi connectivity index (χ2n) is 5.40. The van der Waals surface area contributed by atoms with Gasteiger partial charge in [-0.1, -0.05) is 0 Å². The molecule has 0 bridgehead atoms. The monoisotopic (exact) mass is 239 g/mol. The fourth-order valence-electron chi connectivity index (χ4n) is 1.68. The molecule has 96 valence electrons. The predicted molar refractivity (Wildman–Crippen MR) is 68.5 cm³/mol. The normalized spacial score (nSPS) is 13.6. The maximum absolute atomic E-state index is 12.3. The van der Waals surface area contributed by atoms with E-state index in [0.717, 1.165) is 0 Å². The Bertz CT molecular complexity index is 456. The molecule has 1 unspecified atom stereocenters. The summed E-state index contributed by atoms with van der Waals surface area (Å²) >= 11 is 0. The fraction of sp³-hybridized carbons (Fsp3) is 0.667. The fourth-order valence-corrected chi connectivity index (χ4v) is 1.68. The molecule has 5 heteroatoms. The van der Waals surface area contributed by atoms with Crippen molar-refractivity contribution in [2.24, 2.45) is 0 Å². The number of aromatic nitrogens is 2. The molecule has 1 atom stereocenters. The van der Waals surface area contributed by atoms with Gasteiger partial charge >= 0.3 is 0 Å². The van der Waals surface area contributed by atoms with Crippen molar-refractivity contribution in [1.29, 1.82) is 0 Å². The SMILES string of the molecule is CC(O)c1c(N(C)C)cnn(C(C)(C)C)c1=O. The van der Waals surface area contributed by atoms with Crippen molar-refractivity contribution in [3.8, 4) is 0 Å². The Balaban J connectivity index is 3.56. The molecule has 0 amide bonds. The van der Waals surface area contributed by atoms with Gasteiger partial charge < -0.3 is 10.0 Å². The van der Waals surface area contributed by atoms with Gasteiger partial charge in [-0.3, -0.25) is 4.79 Å². The Morgan fingerprint density at radius 2 is 1.94 bits per heavy atom. The summed E-state index contributed by atoms with van der Waals surface area (Å²) in [6, 6.07) is 0. The zero-order chi connectivity index (χ0) is 13.4. The van der Waals surface area contributed by atoms with E-state index in [1.165, 1.54) is 4.68 Å². The van der Waals surface area contributed by atoms with Gasteiger partial charge in [-0.2, -0.15) is 5.10 Å². The van der Waals surface area contributed by atoms with Crippen molar-refractivity contribution in [3.05, 3.63) is 22.1 Å². The van der Waals surface area contributed by atoms with Crippen molar-refractivity contribution in [2.75, 3.05) is 19.0 Å². The smallest absolute Gasteiger partial charge is 0.275 e. The Morgan fingerprint density at radius 3 is 2.29 bits per heavy atom. The van der Waals surface area contributed by atoms with Crippen molar-refractivity contribution in [1.82, 2.24) is 9.78 Å². The van der Waals surface area contributed by atoms with Crippen molar-refractivity contribution in [2.45, 2.75) is 39.3 Å². The number of rotatable bonds is 2. The number of anilines is 1. The first-order valence-corrected chi connectivity index (χ1v) is 5.64. The van der Waals surface area contributed by atoms with Crippen LogP contribution in [0.15, 0.2) is 11.0 Å². The van der Waals surface area contributed by atoms with E-state index in [4.69, 9.17) is 0 Å². The summed E-state index contributed by atoms with van der Waals surface area (Å²) < 4.78 is 1.40. The average Bonchev–Trinajstić information content (AvgIpc) is 2.13. The molecular formula is C12H21N3O2. The summed E-state index contributed by atoms with van der Waals surface area (Å²) in [5.74, 6) is 0. The summed E-state index contributed by atoms with van der Waals surface area (Å²) in [5, 5.41) is 13.9. The van der Waals surface area contributed by atoms with Gasteiger partial charge in [0.25, 0.3) is 5.56 Å². The Hall–Kier alpha value is -1.36. The van der Waals surface area contributed by atoms with E-state index >= 15 is 0 Å². The molecular weight excluding hydrogens is 218 g/mol. The van der Waals surface area contributed by atoms with Gasteiger partial charge in [0.1, 0.15) is 0 Å². The van der Waals surface area contributed by atoms with Gasteiger partial charge in [0.05, 0.1) is 29.1 Å². The lowest BCUT2D eigenvalue weighted by Crippen LogP contribution is -2.39. The van der Waals surface area contributed by atoms with Crippen LogP contribution >= 0.6 is 0 Å². The third-order valence-corrected chi connectivity index (χ3v) is 2.53. The highest BCUT2D eigenvalue weighted by Gasteiger charge is 2.22. The number of aliphatic hydroxyl groups is 1. The van der Waals surface area contributed by atoms with Crippen LogP contribution in [0.25, 0.3) is 0 Å². The maximum Gasteiger partial charge on any atom is 0.275 e. The lowest BCUT2D eigenvalue weighted by atomic mass is 10.1. The zero-order valence-electron chi connectivity index (χ0n) is 11.4. The van der Waals surface area contributed by atoms with E-state index in [0.29, 0.717) is 11.3 Å². The van der Waals surface area contributed by atoms with Gasteiger partial charge in [0.15, 0.2) is 0 Å². The zero-order valence-corrected chi connectivity index (χ0v) is 11.4. The second kappa shape index (κ2) is 4.49. The van der Waals surface area contributed by atoms with Crippen LogP contribution in [0.4, 0.5) is 5.69 Å².